The van der Waals surface area contributed by atoms with Crippen molar-refractivity contribution in [2.24, 2.45) is 0 Å². The van der Waals surface area contributed by atoms with Crippen molar-refractivity contribution in [3.63, 3.8) is 0 Å². The number of nitrogens with one attached hydrogen (secondary N) is 1. The monoisotopic (exact) mass is 228 g/mol. The van der Waals surface area contributed by atoms with E-state index in [1.54, 1.807) is 0 Å². The van der Waals surface area contributed by atoms with Gasteiger partial charge in [0.05, 0.1) is 7.11 Å². The van der Waals surface area contributed by atoms with E-state index in [4.69, 9.17) is 4.74 Å². The molecular weight excluding hydrogens is 222 g/mol. The largest absolute Gasteiger partial charge is 0.496 e. The Kier molecular flexibility index (Phi) is 2.43. The van der Waals surface area contributed by atoms with Crippen LogP contribution >= 0.6 is 0 Å². The van der Waals surface area contributed by atoms with Crippen LogP contribution in [0.1, 0.15) is 0 Å². The molecule has 0 atom stereocenters. The molecule has 2 aromatic rings. The Morgan fingerprint density at radius 1 is 1.44 bits per heavy atom. The molecule has 2 rings (SSSR count). The first-order chi connectivity index (χ1) is 7.63. The van der Waals surface area contributed by atoms with Gasteiger partial charge in [-0.05, 0) is 12.1 Å². The number of aromatic amines is 1. The Labute approximate surface area is 87.6 Å². The highest BCUT2D eigenvalue weighted by Crippen LogP contribution is 2.30. The van der Waals surface area contributed by atoms with Crippen LogP contribution in [-0.2, 0) is 0 Å². The fourth-order valence-corrected chi connectivity index (χ4v) is 1.26. The molecule has 1 N–H and O–H groups in total. The van der Waals surface area contributed by atoms with Gasteiger partial charge in [-0.1, -0.05) is 5.16 Å². The minimum Gasteiger partial charge on any atom is -0.496 e. The van der Waals surface area contributed by atoms with Crippen LogP contribution < -0.4 is 10.5 Å². The first-order valence-electron chi connectivity index (χ1n) is 4.22. The number of hydrogen-bond donors (Lipinski definition) is 1. The van der Waals surface area contributed by atoms with Gasteiger partial charge in [-0.25, -0.2) is 13.6 Å². The fourth-order valence-electron chi connectivity index (χ4n) is 1.26. The second-order valence-electron chi connectivity index (χ2n) is 2.88. The Balaban J connectivity index is 2.71. The minimum atomic E-state index is -1.16. The van der Waals surface area contributed by atoms with Crippen molar-refractivity contribution >= 4 is 0 Å². The van der Waals surface area contributed by atoms with Crippen LogP contribution in [0.4, 0.5) is 8.78 Å². The van der Waals surface area contributed by atoms with Gasteiger partial charge in [0.25, 0.3) is 0 Å². The number of rotatable bonds is 2. The van der Waals surface area contributed by atoms with Crippen LogP contribution in [0.5, 0.6) is 5.75 Å². The summed E-state index contributed by atoms with van der Waals surface area (Å²) >= 11 is 0. The lowest BCUT2D eigenvalue weighted by atomic mass is 10.1. The molecule has 0 spiro atoms. The predicted octanol–water partition coefficient (Wildman–Crippen LogP) is 1.32. The second-order valence-corrected chi connectivity index (χ2v) is 2.88. The van der Waals surface area contributed by atoms with E-state index < -0.39 is 17.4 Å². The summed E-state index contributed by atoms with van der Waals surface area (Å²) in [4.78, 5) is 12.8. The molecular formula is C9H6F2N2O3. The number of benzene rings is 1. The summed E-state index contributed by atoms with van der Waals surface area (Å²) in [5, 5.41) is 3.27. The summed E-state index contributed by atoms with van der Waals surface area (Å²) in [6, 6.07) is 2.14. The van der Waals surface area contributed by atoms with Crippen LogP contribution in [0.3, 0.4) is 0 Å². The number of ether oxygens (including phenoxy) is 1. The maximum absolute atomic E-state index is 13.5. The van der Waals surface area contributed by atoms with E-state index in [2.05, 4.69) is 14.7 Å². The van der Waals surface area contributed by atoms with Crippen LogP contribution in [0.15, 0.2) is 21.5 Å². The zero-order valence-corrected chi connectivity index (χ0v) is 8.08. The van der Waals surface area contributed by atoms with Crippen LogP contribution in [0.2, 0.25) is 0 Å². The Morgan fingerprint density at radius 2 is 2.19 bits per heavy atom. The Bertz CT molecular complexity index is 576. The zero-order chi connectivity index (χ0) is 11.7. The quantitative estimate of drug-likeness (QED) is 0.841. The predicted molar refractivity (Wildman–Crippen MR) is 49.0 cm³/mol. The smallest absolute Gasteiger partial charge is 0.439 e. The molecule has 7 heteroatoms. The van der Waals surface area contributed by atoms with Gasteiger partial charge in [0, 0.05) is 0 Å². The van der Waals surface area contributed by atoms with Crippen LogP contribution in [0, 0.1) is 11.6 Å². The van der Waals surface area contributed by atoms with Gasteiger partial charge in [0.2, 0.25) is 0 Å². The SMILES string of the molecule is COc1ccc(F)c(F)c1-c1noc(=O)[nH]1. The maximum Gasteiger partial charge on any atom is 0.439 e. The molecule has 0 saturated carbocycles. The first kappa shape index (κ1) is 10.3. The lowest BCUT2D eigenvalue weighted by Gasteiger charge is -2.06. The fraction of sp³-hybridized carbons (Fsp3) is 0.111. The molecule has 0 aliphatic heterocycles. The van der Waals surface area contributed by atoms with Crippen molar-refractivity contribution in [2.75, 3.05) is 7.11 Å². The molecule has 0 saturated heterocycles. The van der Waals surface area contributed by atoms with Crippen molar-refractivity contribution in [1.82, 2.24) is 10.1 Å². The number of aromatic nitrogens is 2. The first-order valence-corrected chi connectivity index (χ1v) is 4.22. The molecule has 0 amide bonds. The van der Waals surface area contributed by atoms with E-state index in [0.717, 1.165) is 6.07 Å². The molecule has 84 valence electrons. The Morgan fingerprint density at radius 3 is 2.75 bits per heavy atom. The highest BCUT2D eigenvalue weighted by molar-refractivity contribution is 5.64. The standard InChI is InChI=1S/C9H6F2N2O3/c1-15-5-3-2-4(10)7(11)6(5)8-12-9(14)16-13-8/h2-3H,1H3,(H,12,13,14). The van der Waals surface area contributed by atoms with Crippen LogP contribution in [-0.4, -0.2) is 17.3 Å². The lowest BCUT2D eigenvalue weighted by molar-refractivity contribution is 0.385. The Hall–Kier alpha value is -2.18. The zero-order valence-electron chi connectivity index (χ0n) is 8.08. The highest BCUT2D eigenvalue weighted by Gasteiger charge is 2.19. The molecule has 0 unspecified atom stereocenters. The van der Waals surface area contributed by atoms with Gasteiger partial charge in [0.15, 0.2) is 17.5 Å². The van der Waals surface area contributed by atoms with E-state index in [-0.39, 0.29) is 17.1 Å². The van der Waals surface area contributed by atoms with Crippen LogP contribution in [0.25, 0.3) is 11.4 Å². The third kappa shape index (κ3) is 1.56. The van der Waals surface area contributed by atoms with Gasteiger partial charge in [-0.2, -0.15) is 0 Å². The maximum atomic E-state index is 13.5. The average Bonchev–Trinajstić information content (AvgIpc) is 2.68. The van der Waals surface area contributed by atoms with Crippen molar-refractivity contribution in [1.29, 1.82) is 0 Å². The van der Waals surface area contributed by atoms with Gasteiger partial charge in [0.1, 0.15) is 11.3 Å². The third-order valence-corrected chi connectivity index (χ3v) is 1.95. The lowest BCUT2D eigenvalue weighted by Crippen LogP contribution is -1.99. The summed E-state index contributed by atoms with van der Waals surface area (Å²) in [7, 11) is 1.29. The molecule has 16 heavy (non-hydrogen) atoms. The molecule has 1 aromatic heterocycles. The molecule has 1 heterocycles. The van der Waals surface area contributed by atoms with Gasteiger partial charge in [-0.15, -0.1) is 0 Å². The molecule has 0 bridgehead atoms. The van der Waals surface area contributed by atoms with E-state index >= 15 is 0 Å². The molecule has 1 aromatic carbocycles. The van der Waals surface area contributed by atoms with Gasteiger partial charge in [-0.3, -0.25) is 9.51 Å². The van der Waals surface area contributed by atoms with E-state index in [1.807, 2.05) is 0 Å². The molecule has 0 aliphatic rings. The second kappa shape index (κ2) is 3.76. The summed E-state index contributed by atoms with van der Waals surface area (Å²) in [5.74, 6) is -3.27. The minimum absolute atomic E-state index is 0.0449. The van der Waals surface area contributed by atoms with Crippen molar-refractivity contribution in [3.05, 3.63) is 34.3 Å². The molecule has 5 nitrogen and oxygen atoms in total. The molecule has 0 radical (unpaired) electrons. The summed E-state index contributed by atoms with van der Waals surface area (Å²) < 4.78 is 35.5. The van der Waals surface area contributed by atoms with Gasteiger partial charge >= 0.3 is 5.76 Å². The van der Waals surface area contributed by atoms with Crippen molar-refractivity contribution in [3.8, 4) is 17.1 Å². The number of nitrogens with zero attached hydrogens (tertiary/aromatic N) is 1. The topological polar surface area (TPSA) is 68.1 Å². The number of methoxy groups -OCH3 is 1. The summed E-state index contributed by atoms with van der Waals surface area (Å²) in [6.07, 6.45) is 0. The third-order valence-electron chi connectivity index (χ3n) is 1.95. The highest BCUT2D eigenvalue weighted by atomic mass is 19.2. The van der Waals surface area contributed by atoms with Crippen molar-refractivity contribution in [2.45, 2.75) is 0 Å². The van der Waals surface area contributed by atoms with Gasteiger partial charge < -0.3 is 4.74 Å². The normalized spacial score (nSPS) is 10.4. The van der Waals surface area contributed by atoms with E-state index in [0.29, 0.717) is 0 Å². The van der Waals surface area contributed by atoms with Crippen molar-refractivity contribution < 1.29 is 18.0 Å². The number of hydrogen-bond acceptors (Lipinski definition) is 4. The summed E-state index contributed by atoms with van der Waals surface area (Å²) in [5.41, 5.74) is -0.284. The number of H-pyrrole nitrogens is 1. The number of halogens is 2. The molecule has 0 fully saturated rings. The van der Waals surface area contributed by atoms with E-state index in [9.17, 15) is 13.6 Å². The average molecular weight is 228 g/mol. The van der Waals surface area contributed by atoms with E-state index in [1.165, 1.54) is 13.2 Å². The molecule has 0 aliphatic carbocycles. The summed E-state index contributed by atoms with van der Waals surface area (Å²) in [6.45, 7) is 0.